The van der Waals surface area contributed by atoms with E-state index in [1.165, 1.54) is 19.3 Å². The van der Waals surface area contributed by atoms with Gasteiger partial charge in [0.05, 0.1) is 18.0 Å². The molecule has 6 rings (SSSR count). The van der Waals surface area contributed by atoms with Crippen LogP contribution in [0.2, 0.25) is 0 Å². The van der Waals surface area contributed by atoms with Crippen LogP contribution in [0.25, 0.3) is 0 Å². The van der Waals surface area contributed by atoms with Gasteiger partial charge in [-0.2, -0.15) is 11.8 Å². The van der Waals surface area contributed by atoms with Crippen molar-refractivity contribution in [2.75, 3.05) is 12.0 Å². The first kappa shape index (κ1) is 24.4. The Labute approximate surface area is 213 Å². The zero-order valence-electron chi connectivity index (χ0n) is 21.3. The number of aliphatic hydroxyl groups excluding tert-OH is 1. The molecule has 35 heavy (non-hydrogen) atoms. The topological polar surface area (TPSA) is 72.8 Å². The quantitative estimate of drug-likeness (QED) is 0.594. The lowest BCUT2D eigenvalue weighted by molar-refractivity contribution is -0.207. The van der Waals surface area contributed by atoms with Crippen LogP contribution in [0.4, 0.5) is 0 Å². The van der Waals surface area contributed by atoms with Crippen molar-refractivity contribution >= 4 is 23.3 Å². The van der Waals surface area contributed by atoms with E-state index in [4.69, 9.17) is 9.47 Å². The molecule has 192 valence electrons. The highest BCUT2D eigenvalue weighted by atomic mass is 32.2. The molecular formula is C29H40O5S. The van der Waals surface area contributed by atoms with Crippen LogP contribution in [0, 0.1) is 34.5 Å². The number of rotatable bonds is 4. The summed E-state index contributed by atoms with van der Waals surface area (Å²) in [4.78, 5) is 26.1. The Morgan fingerprint density at radius 1 is 1.20 bits per heavy atom. The van der Waals surface area contributed by atoms with E-state index in [1.807, 2.05) is 12.3 Å². The number of aliphatic hydroxyl groups is 1. The summed E-state index contributed by atoms with van der Waals surface area (Å²) in [5.74, 6) is 1.55. The van der Waals surface area contributed by atoms with Gasteiger partial charge in [0, 0.05) is 22.7 Å². The third kappa shape index (κ3) is 3.31. The van der Waals surface area contributed by atoms with E-state index in [0.717, 1.165) is 37.7 Å². The van der Waals surface area contributed by atoms with Crippen molar-refractivity contribution in [1.29, 1.82) is 0 Å². The van der Waals surface area contributed by atoms with Gasteiger partial charge in [-0.15, -0.1) is 0 Å². The molecule has 0 aromatic carbocycles. The van der Waals surface area contributed by atoms with Crippen molar-refractivity contribution in [3.8, 4) is 0 Å². The largest absolute Gasteiger partial charge is 0.393 e. The molecular weight excluding hydrogens is 460 g/mol. The monoisotopic (exact) mass is 500 g/mol. The third-order valence-corrected chi connectivity index (χ3v) is 11.5. The number of carbonyl (C=O) groups is 2. The van der Waals surface area contributed by atoms with Gasteiger partial charge in [-0.3, -0.25) is 9.59 Å². The van der Waals surface area contributed by atoms with Crippen molar-refractivity contribution in [3.05, 3.63) is 23.8 Å². The number of carbonyl (C=O) groups excluding carboxylic acids is 2. The molecule has 9 atom stereocenters. The van der Waals surface area contributed by atoms with Gasteiger partial charge in [0.2, 0.25) is 0 Å². The van der Waals surface area contributed by atoms with E-state index in [2.05, 4.69) is 13.8 Å². The summed E-state index contributed by atoms with van der Waals surface area (Å²) in [5, 5.41) is 11.8. The second-order valence-electron chi connectivity index (χ2n) is 12.5. The molecule has 0 aromatic rings. The number of Topliss-reactive ketones (excluding diaryl/α,β-unsaturated/α-hetero) is 1. The molecule has 6 aliphatic rings. The molecule has 1 heterocycles. The van der Waals surface area contributed by atoms with Crippen molar-refractivity contribution in [2.45, 2.75) is 95.7 Å². The Bertz CT molecular complexity index is 968. The maximum atomic E-state index is 14.0. The normalized spacial score (nSPS) is 49.1. The van der Waals surface area contributed by atoms with E-state index < -0.39 is 17.1 Å². The Morgan fingerprint density at radius 3 is 2.71 bits per heavy atom. The van der Waals surface area contributed by atoms with Crippen LogP contribution in [-0.4, -0.2) is 52.8 Å². The van der Waals surface area contributed by atoms with Crippen LogP contribution < -0.4 is 0 Å². The van der Waals surface area contributed by atoms with Crippen molar-refractivity contribution in [3.63, 3.8) is 0 Å². The Balaban J connectivity index is 1.37. The molecule has 0 spiro atoms. The molecule has 5 nitrogen and oxygen atoms in total. The lowest BCUT2D eigenvalue weighted by Crippen LogP contribution is -2.63. The number of ketones is 2. The molecule has 1 saturated heterocycles. The molecule has 1 N–H and O–H groups in total. The van der Waals surface area contributed by atoms with Crippen LogP contribution in [0.5, 0.6) is 0 Å². The van der Waals surface area contributed by atoms with Crippen LogP contribution in [-0.2, 0) is 19.1 Å². The highest BCUT2D eigenvalue weighted by molar-refractivity contribution is 7.99. The molecule has 0 unspecified atom stereocenters. The Morgan fingerprint density at radius 2 is 1.97 bits per heavy atom. The zero-order valence-corrected chi connectivity index (χ0v) is 22.1. The number of fused-ring (bicyclic) bond motifs is 7. The molecule has 5 aliphatic carbocycles. The smallest absolute Gasteiger partial charge is 0.178 e. The van der Waals surface area contributed by atoms with Gasteiger partial charge >= 0.3 is 0 Å². The average molecular weight is 501 g/mol. The summed E-state index contributed by atoms with van der Waals surface area (Å²) in [6.07, 6.45) is 15.5. The van der Waals surface area contributed by atoms with E-state index in [9.17, 15) is 14.7 Å². The fourth-order valence-electron chi connectivity index (χ4n) is 9.45. The summed E-state index contributed by atoms with van der Waals surface area (Å²) < 4.78 is 13.6. The molecule has 6 heteroatoms. The second kappa shape index (κ2) is 8.54. The van der Waals surface area contributed by atoms with Crippen molar-refractivity contribution in [1.82, 2.24) is 0 Å². The lowest BCUT2D eigenvalue weighted by Gasteiger charge is -2.59. The number of hydrogen-bond acceptors (Lipinski definition) is 6. The highest BCUT2D eigenvalue weighted by Crippen LogP contribution is 2.70. The molecule has 5 fully saturated rings. The minimum Gasteiger partial charge on any atom is -0.393 e. The first-order chi connectivity index (χ1) is 16.7. The van der Waals surface area contributed by atoms with Crippen LogP contribution >= 0.6 is 11.8 Å². The lowest BCUT2D eigenvalue weighted by atomic mass is 9.46. The zero-order chi connectivity index (χ0) is 24.6. The fourth-order valence-corrected chi connectivity index (χ4v) is 9.93. The minimum atomic E-state index is -0.968. The molecule has 0 radical (unpaired) electrons. The molecule has 1 aliphatic heterocycles. The Kier molecular flexibility index (Phi) is 5.95. The van der Waals surface area contributed by atoms with Crippen LogP contribution in [0.15, 0.2) is 23.8 Å². The predicted octanol–water partition coefficient (Wildman–Crippen LogP) is 4.87. The van der Waals surface area contributed by atoms with Crippen molar-refractivity contribution in [2.24, 2.45) is 34.5 Å². The minimum absolute atomic E-state index is 0.0468. The first-order valence-corrected chi connectivity index (χ1v) is 15.1. The first-order valence-electron chi connectivity index (χ1n) is 13.7. The van der Waals surface area contributed by atoms with Crippen LogP contribution in [0.3, 0.4) is 0 Å². The molecule has 0 bridgehead atoms. The van der Waals surface area contributed by atoms with Gasteiger partial charge < -0.3 is 14.6 Å². The maximum absolute atomic E-state index is 14.0. The number of ether oxygens (including phenoxy) is 2. The third-order valence-electron chi connectivity index (χ3n) is 11.0. The number of thioether (sulfide) groups is 1. The maximum Gasteiger partial charge on any atom is 0.178 e. The van der Waals surface area contributed by atoms with Gasteiger partial charge in [0.1, 0.15) is 0 Å². The summed E-state index contributed by atoms with van der Waals surface area (Å²) in [6.45, 7) is 4.41. The fraction of sp³-hybridized carbons (Fsp3) is 0.793. The number of hydrogen-bond donors (Lipinski definition) is 1. The standard InChI is InChI=1S/C29H40O5S/c1-27-12-11-19(30)13-18(27)9-10-20-21-14-24-29(23(32)16-35-3,28(21,2)15-22(31)25(20)27)34-26(33-24)17-7-5-4-6-8-17/h11-13,17,20-22,24-26,31H,4-10,14-16H2,1-3H3/t20-,21-,22-,24-,25+,26+,27-,28-,29+/m0/s1. The summed E-state index contributed by atoms with van der Waals surface area (Å²) in [5.41, 5.74) is -0.576. The van der Waals surface area contributed by atoms with E-state index >= 15 is 0 Å². The van der Waals surface area contributed by atoms with Gasteiger partial charge in [0.25, 0.3) is 0 Å². The van der Waals surface area contributed by atoms with Gasteiger partial charge in [0.15, 0.2) is 23.5 Å². The van der Waals surface area contributed by atoms with Gasteiger partial charge in [-0.25, -0.2) is 0 Å². The predicted molar refractivity (Wildman–Crippen MR) is 136 cm³/mol. The van der Waals surface area contributed by atoms with Gasteiger partial charge in [-0.1, -0.05) is 44.8 Å². The molecule has 4 saturated carbocycles. The van der Waals surface area contributed by atoms with E-state index in [-0.39, 0.29) is 47.1 Å². The van der Waals surface area contributed by atoms with Crippen molar-refractivity contribution < 1.29 is 24.2 Å². The summed E-state index contributed by atoms with van der Waals surface area (Å²) >= 11 is 1.56. The average Bonchev–Trinajstić information content (AvgIpc) is 3.33. The van der Waals surface area contributed by atoms with Crippen LogP contribution in [0.1, 0.15) is 71.6 Å². The molecule has 0 amide bonds. The SMILES string of the molecule is CSCC(=O)[C@@]12O[C@H](C3CCCCC3)O[C@H]1C[C@H]1[C@@H]3CCC4=CC(=O)C=C[C@]4(C)[C@H]3[C@@H](O)C[C@@]12C. The van der Waals surface area contributed by atoms with E-state index in [0.29, 0.717) is 18.1 Å². The highest BCUT2D eigenvalue weighted by Gasteiger charge is 2.76. The second-order valence-corrected chi connectivity index (χ2v) is 13.4. The van der Waals surface area contributed by atoms with Gasteiger partial charge in [-0.05, 0) is 68.8 Å². The Hall–Kier alpha value is -0.950. The van der Waals surface area contributed by atoms with E-state index in [1.54, 1.807) is 23.9 Å². The summed E-state index contributed by atoms with van der Waals surface area (Å²) in [6, 6.07) is 0. The molecule has 0 aromatic heterocycles. The number of allylic oxidation sites excluding steroid dienone is 4. The summed E-state index contributed by atoms with van der Waals surface area (Å²) in [7, 11) is 0.